The molecule has 1 aromatic heterocycles. The van der Waals surface area contributed by atoms with Crippen LogP contribution in [0.5, 0.6) is 5.75 Å². The van der Waals surface area contributed by atoms with Crippen molar-refractivity contribution in [2.75, 3.05) is 36.5 Å². The van der Waals surface area contributed by atoms with E-state index in [4.69, 9.17) is 4.74 Å². The van der Waals surface area contributed by atoms with E-state index in [1.807, 2.05) is 38.1 Å². The maximum atomic E-state index is 14.5. The van der Waals surface area contributed by atoms with Gasteiger partial charge in [0.25, 0.3) is 0 Å². The summed E-state index contributed by atoms with van der Waals surface area (Å²) in [5.41, 5.74) is 0.983. The molecule has 0 spiro atoms. The molecule has 31 heavy (non-hydrogen) atoms. The van der Waals surface area contributed by atoms with Gasteiger partial charge in [-0.2, -0.15) is 0 Å². The van der Waals surface area contributed by atoms with Crippen molar-refractivity contribution in [3.8, 4) is 5.75 Å². The topological polar surface area (TPSA) is 57.7 Å². The van der Waals surface area contributed by atoms with Crippen LogP contribution in [0, 0.1) is 11.6 Å². The minimum Gasteiger partial charge on any atom is -0.489 e. The highest BCUT2D eigenvalue weighted by molar-refractivity contribution is 5.73. The molecule has 0 unspecified atom stereocenters. The molecule has 1 aliphatic heterocycles. The number of nitrogens with zero attached hydrogens (tertiary/aromatic N) is 3. The van der Waals surface area contributed by atoms with Crippen molar-refractivity contribution in [1.82, 2.24) is 10.3 Å². The van der Waals surface area contributed by atoms with Crippen molar-refractivity contribution < 1.29 is 18.3 Å². The Morgan fingerprint density at radius 3 is 2.68 bits per heavy atom. The van der Waals surface area contributed by atoms with Gasteiger partial charge in [0, 0.05) is 39.5 Å². The monoisotopic (exact) mass is 432 g/mol. The maximum absolute atomic E-state index is 14.5. The van der Waals surface area contributed by atoms with Crippen molar-refractivity contribution in [1.29, 1.82) is 0 Å². The summed E-state index contributed by atoms with van der Waals surface area (Å²) in [4.78, 5) is 19.0. The zero-order valence-electron chi connectivity index (χ0n) is 18.5. The number of anilines is 2. The van der Waals surface area contributed by atoms with Crippen LogP contribution < -0.4 is 19.9 Å². The number of pyridine rings is 1. The van der Waals surface area contributed by atoms with Crippen molar-refractivity contribution in [2.45, 2.75) is 45.8 Å². The van der Waals surface area contributed by atoms with E-state index in [1.165, 1.54) is 6.92 Å². The van der Waals surface area contributed by atoms with Gasteiger partial charge in [0.1, 0.15) is 11.9 Å². The van der Waals surface area contributed by atoms with E-state index >= 15 is 0 Å². The van der Waals surface area contributed by atoms with Gasteiger partial charge >= 0.3 is 0 Å². The van der Waals surface area contributed by atoms with Crippen molar-refractivity contribution >= 4 is 17.5 Å². The largest absolute Gasteiger partial charge is 0.489 e. The lowest BCUT2D eigenvalue weighted by Gasteiger charge is -2.23. The molecule has 1 aromatic carbocycles. The average molecular weight is 433 g/mol. The van der Waals surface area contributed by atoms with Gasteiger partial charge in [0.15, 0.2) is 23.3 Å². The highest BCUT2D eigenvalue weighted by Gasteiger charge is 2.28. The van der Waals surface area contributed by atoms with Crippen LogP contribution in [0.1, 0.15) is 45.2 Å². The van der Waals surface area contributed by atoms with Crippen LogP contribution in [0.2, 0.25) is 0 Å². The van der Waals surface area contributed by atoms with E-state index in [0.717, 1.165) is 18.1 Å². The first-order valence-electron chi connectivity index (χ1n) is 10.6. The Morgan fingerprint density at radius 1 is 1.32 bits per heavy atom. The average Bonchev–Trinajstić information content (AvgIpc) is 3.16. The smallest absolute Gasteiger partial charge is 0.217 e. The van der Waals surface area contributed by atoms with Crippen LogP contribution in [0.4, 0.5) is 20.4 Å². The Morgan fingerprint density at radius 2 is 2.03 bits per heavy atom. The summed E-state index contributed by atoms with van der Waals surface area (Å²) >= 11 is 0. The predicted octanol–water partition coefficient (Wildman–Crippen LogP) is 4.06. The lowest BCUT2D eigenvalue weighted by atomic mass is 10.1. The van der Waals surface area contributed by atoms with E-state index in [9.17, 15) is 13.6 Å². The Kier molecular flexibility index (Phi) is 7.30. The number of ether oxygens (including phenoxy) is 1. The number of nitrogens with one attached hydrogen (secondary N) is 1. The number of carbonyl (C=O) groups excluding carboxylic acids is 1. The molecule has 6 nitrogen and oxygen atoms in total. The molecule has 0 aliphatic carbocycles. The fraction of sp³-hybridized carbons (Fsp3) is 0.478. The molecule has 2 aromatic rings. The minimum absolute atomic E-state index is 0.0791. The van der Waals surface area contributed by atoms with Gasteiger partial charge in [-0.15, -0.1) is 0 Å². The molecule has 2 atom stereocenters. The lowest BCUT2D eigenvalue weighted by molar-refractivity contribution is -0.119. The van der Waals surface area contributed by atoms with Crippen LogP contribution in [0.3, 0.4) is 0 Å². The fourth-order valence-corrected chi connectivity index (χ4v) is 3.81. The minimum atomic E-state index is -0.664. The van der Waals surface area contributed by atoms with Crippen molar-refractivity contribution in [3.05, 3.63) is 47.5 Å². The molecule has 1 N–H and O–H groups in total. The number of benzene rings is 1. The van der Waals surface area contributed by atoms with E-state index in [-0.39, 0.29) is 29.7 Å². The molecule has 1 fully saturated rings. The molecule has 0 saturated carbocycles. The van der Waals surface area contributed by atoms with Crippen LogP contribution in [-0.2, 0) is 4.79 Å². The van der Waals surface area contributed by atoms with Crippen molar-refractivity contribution in [3.63, 3.8) is 0 Å². The lowest BCUT2D eigenvalue weighted by Crippen LogP contribution is -2.28. The van der Waals surface area contributed by atoms with Gasteiger partial charge in [-0.25, -0.2) is 13.8 Å². The van der Waals surface area contributed by atoms with Gasteiger partial charge in [0.05, 0.1) is 12.6 Å². The fourth-order valence-electron chi connectivity index (χ4n) is 3.81. The van der Waals surface area contributed by atoms with E-state index in [0.29, 0.717) is 31.8 Å². The molecule has 2 heterocycles. The number of amides is 1. The van der Waals surface area contributed by atoms with E-state index in [2.05, 4.69) is 10.3 Å². The first-order chi connectivity index (χ1) is 14.8. The third-order valence-corrected chi connectivity index (χ3v) is 5.36. The third-order valence-electron chi connectivity index (χ3n) is 5.36. The molecule has 0 radical (unpaired) electrons. The standard InChI is InChI=1S/C23H30F2N4O2/c1-5-11-28(4)22-20(24)13-21(25)23(27-22)29-12-10-19(14-29)31-18-8-6-17(7-9-18)15(2)26-16(3)30/h6-9,13,15,19H,5,10-12,14H2,1-4H3,(H,26,30)/t15-,19+/m0/s1. The number of carbonyl (C=O) groups is 1. The Hall–Kier alpha value is -2.90. The first kappa shape index (κ1) is 22.8. The maximum Gasteiger partial charge on any atom is 0.217 e. The molecular weight excluding hydrogens is 402 g/mol. The normalized spacial score (nSPS) is 16.8. The third kappa shape index (κ3) is 5.62. The molecule has 1 amide bonds. The molecule has 8 heteroatoms. The summed E-state index contributed by atoms with van der Waals surface area (Å²) < 4.78 is 34.7. The zero-order valence-corrected chi connectivity index (χ0v) is 18.5. The van der Waals surface area contributed by atoms with Crippen LogP contribution >= 0.6 is 0 Å². The second kappa shape index (κ2) is 9.94. The summed E-state index contributed by atoms with van der Waals surface area (Å²) in [6.45, 7) is 7.09. The van der Waals surface area contributed by atoms with Crippen LogP contribution in [0.25, 0.3) is 0 Å². The quantitative estimate of drug-likeness (QED) is 0.682. The van der Waals surface area contributed by atoms with E-state index < -0.39 is 11.6 Å². The number of halogens is 2. The van der Waals surface area contributed by atoms with Gasteiger partial charge in [-0.05, 0) is 31.0 Å². The number of rotatable bonds is 8. The second-order valence-corrected chi connectivity index (χ2v) is 7.99. The predicted molar refractivity (Wildman–Crippen MR) is 118 cm³/mol. The summed E-state index contributed by atoms with van der Waals surface area (Å²) in [5.74, 6) is -0.372. The Balaban J connectivity index is 1.65. The van der Waals surface area contributed by atoms with Gasteiger partial charge in [-0.3, -0.25) is 4.79 Å². The SMILES string of the molecule is CCCN(C)c1nc(N2CC[C@@H](Oc3ccc([C@H](C)NC(C)=O)cc3)C2)c(F)cc1F. The number of hydrogen-bond donors (Lipinski definition) is 1. The highest BCUT2D eigenvalue weighted by atomic mass is 19.1. The summed E-state index contributed by atoms with van der Waals surface area (Å²) in [5, 5.41) is 2.85. The van der Waals surface area contributed by atoms with Gasteiger partial charge < -0.3 is 19.9 Å². The Labute approximate surface area is 182 Å². The Bertz CT molecular complexity index is 907. The van der Waals surface area contributed by atoms with Crippen molar-refractivity contribution in [2.24, 2.45) is 0 Å². The molecule has 168 valence electrons. The van der Waals surface area contributed by atoms with Crippen LogP contribution in [0.15, 0.2) is 30.3 Å². The summed E-state index contributed by atoms with van der Waals surface area (Å²) in [7, 11) is 1.75. The molecule has 1 aliphatic rings. The number of aromatic nitrogens is 1. The van der Waals surface area contributed by atoms with Gasteiger partial charge in [-0.1, -0.05) is 19.1 Å². The van der Waals surface area contributed by atoms with Gasteiger partial charge in [0.2, 0.25) is 5.91 Å². The summed E-state index contributed by atoms with van der Waals surface area (Å²) in [6.07, 6.45) is 1.43. The molecule has 0 bridgehead atoms. The second-order valence-electron chi connectivity index (χ2n) is 7.99. The molecular formula is C23H30F2N4O2. The van der Waals surface area contributed by atoms with E-state index in [1.54, 1.807) is 16.8 Å². The zero-order chi connectivity index (χ0) is 22.5. The highest BCUT2D eigenvalue weighted by Crippen LogP contribution is 2.28. The first-order valence-corrected chi connectivity index (χ1v) is 10.6. The van der Waals surface area contributed by atoms with Crippen LogP contribution in [-0.4, -0.2) is 43.7 Å². The molecule has 1 saturated heterocycles. The summed E-state index contributed by atoms with van der Waals surface area (Å²) in [6, 6.07) is 8.39. The number of hydrogen-bond acceptors (Lipinski definition) is 5. The molecule has 3 rings (SSSR count).